The summed E-state index contributed by atoms with van der Waals surface area (Å²) in [6.45, 7) is 0. The van der Waals surface area contributed by atoms with Crippen molar-refractivity contribution in [2.24, 2.45) is 0 Å². The van der Waals surface area contributed by atoms with Crippen molar-refractivity contribution in [3.05, 3.63) is 58.6 Å². The number of rotatable bonds is 6. The normalized spacial score (nSPS) is 10.4. The molecule has 0 radical (unpaired) electrons. The van der Waals surface area contributed by atoms with Crippen molar-refractivity contribution in [2.75, 3.05) is 26.2 Å². The molecule has 0 saturated carbocycles. The van der Waals surface area contributed by atoms with Crippen molar-refractivity contribution < 1.29 is 14.2 Å². The van der Waals surface area contributed by atoms with E-state index in [0.717, 1.165) is 11.4 Å². The van der Waals surface area contributed by atoms with Crippen LogP contribution in [0.1, 0.15) is 0 Å². The molecule has 0 aliphatic heterocycles. The first-order valence-corrected chi connectivity index (χ1v) is 8.70. The van der Waals surface area contributed by atoms with Gasteiger partial charge in [-0.05, 0) is 30.3 Å². The van der Waals surface area contributed by atoms with Gasteiger partial charge >= 0.3 is 6.01 Å². The van der Waals surface area contributed by atoms with E-state index in [1.165, 1.54) is 14.2 Å². The maximum Gasteiger partial charge on any atom is 0.328 e. The molecule has 0 aliphatic carbocycles. The van der Waals surface area contributed by atoms with Crippen molar-refractivity contribution in [1.82, 2.24) is 9.97 Å². The summed E-state index contributed by atoms with van der Waals surface area (Å²) < 4.78 is 16.2. The summed E-state index contributed by atoms with van der Waals surface area (Å²) in [5, 5.41) is 0.968. The van der Waals surface area contributed by atoms with Crippen LogP contribution in [0.2, 0.25) is 10.0 Å². The Morgan fingerprint density at radius 3 is 2.15 bits per heavy atom. The Kier molecular flexibility index (Phi) is 5.88. The fourth-order valence-electron chi connectivity index (χ4n) is 2.39. The van der Waals surface area contributed by atoms with Crippen molar-refractivity contribution in [2.45, 2.75) is 0 Å². The van der Waals surface area contributed by atoms with Crippen LogP contribution in [0.25, 0.3) is 0 Å². The fourth-order valence-corrected chi connectivity index (χ4v) is 2.68. The minimum absolute atomic E-state index is 0.112. The Bertz CT molecular complexity index is 931. The van der Waals surface area contributed by atoms with Gasteiger partial charge in [-0.1, -0.05) is 35.3 Å². The lowest BCUT2D eigenvalue weighted by Gasteiger charge is -2.22. The molecule has 2 aromatic carbocycles. The van der Waals surface area contributed by atoms with Crippen LogP contribution in [0.15, 0.2) is 48.5 Å². The molecular weight excluding hydrogens is 389 g/mol. The maximum absolute atomic E-state index is 6.14. The average Bonchev–Trinajstić information content (AvgIpc) is 2.69. The van der Waals surface area contributed by atoms with Gasteiger partial charge in [0.05, 0.1) is 36.0 Å². The van der Waals surface area contributed by atoms with Gasteiger partial charge in [0.2, 0.25) is 11.8 Å². The summed E-state index contributed by atoms with van der Waals surface area (Å²) in [6, 6.07) is 14.6. The van der Waals surface area contributed by atoms with Crippen LogP contribution >= 0.6 is 23.2 Å². The summed E-state index contributed by atoms with van der Waals surface area (Å²) in [7, 11) is 4.92. The molecule has 3 rings (SSSR count). The SMILES string of the molecule is COc1cc(OC)nc(Oc2ccccc2N(C)c2ccc(Cl)c(Cl)c2)n1. The number of hydrogen-bond acceptors (Lipinski definition) is 6. The molecule has 3 aromatic rings. The van der Waals surface area contributed by atoms with Gasteiger partial charge in [0.25, 0.3) is 0 Å². The third-order valence-corrected chi connectivity index (χ3v) is 4.53. The summed E-state index contributed by atoms with van der Waals surface area (Å²) in [6.07, 6.45) is 0. The predicted molar refractivity (Wildman–Crippen MR) is 106 cm³/mol. The van der Waals surface area contributed by atoms with E-state index in [1.54, 1.807) is 18.2 Å². The van der Waals surface area contributed by atoms with Gasteiger partial charge in [0.1, 0.15) is 0 Å². The topological polar surface area (TPSA) is 56.7 Å². The summed E-state index contributed by atoms with van der Waals surface area (Å²) in [4.78, 5) is 10.3. The Morgan fingerprint density at radius 2 is 1.52 bits per heavy atom. The van der Waals surface area contributed by atoms with E-state index in [1.807, 2.05) is 42.3 Å². The van der Waals surface area contributed by atoms with Gasteiger partial charge in [-0.15, -0.1) is 0 Å². The second-order valence-corrected chi connectivity index (χ2v) is 6.28. The molecule has 0 unspecified atom stereocenters. The zero-order valence-electron chi connectivity index (χ0n) is 14.9. The molecule has 140 valence electrons. The minimum atomic E-state index is 0.112. The molecule has 0 bridgehead atoms. The van der Waals surface area contributed by atoms with Gasteiger partial charge in [0.15, 0.2) is 5.75 Å². The van der Waals surface area contributed by atoms with E-state index in [4.69, 9.17) is 37.4 Å². The lowest BCUT2D eigenvalue weighted by Crippen LogP contribution is -2.11. The molecule has 6 nitrogen and oxygen atoms in total. The Labute approximate surface area is 167 Å². The summed E-state index contributed by atoms with van der Waals surface area (Å²) in [5.74, 6) is 1.24. The van der Waals surface area contributed by atoms with Crippen LogP contribution in [-0.4, -0.2) is 31.2 Å². The molecule has 0 N–H and O–H groups in total. The van der Waals surface area contributed by atoms with Crippen molar-refractivity contribution in [3.63, 3.8) is 0 Å². The van der Waals surface area contributed by atoms with Gasteiger partial charge in [0, 0.05) is 12.7 Å². The molecule has 1 aromatic heterocycles. The average molecular weight is 406 g/mol. The van der Waals surface area contributed by atoms with Crippen molar-refractivity contribution in [3.8, 4) is 23.5 Å². The number of hydrogen-bond donors (Lipinski definition) is 0. The van der Waals surface area contributed by atoms with E-state index < -0.39 is 0 Å². The third kappa shape index (κ3) is 4.35. The first kappa shape index (κ1) is 19.1. The molecule has 0 atom stereocenters. The number of para-hydroxylation sites is 2. The zero-order valence-corrected chi connectivity index (χ0v) is 16.5. The number of anilines is 2. The highest BCUT2D eigenvalue weighted by Gasteiger charge is 2.14. The van der Waals surface area contributed by atoms with Gasteiger partial charge in [-0.3, -0.25) is 0 Å². The Balaban J connectivity index is 1.95. The number of nitrogens with zero attached hydrogens (tertiary/aromatic N) is 3. The number of aromatic nitrogens is 2. The molecule has 1 heterocycles. The number of ether oxygens (including phenoxy) is 3. The molecule has 0 fully saturated rings. The highest BCUT2D eigenvalue weighted by atomic mass is 35.5. The fraction of sp³-hybridized carbons (Fsp3) is 0.158. The van der Waals surface area contributed by atoms with Crippen LogP contribution < -0.4 is 19.1 Å². The highest BCUT2D eigenvalue weighted by molar-refractivity contribution is 6.42. The Morgan fingerprint density at radius 1 is 0.852 bits per heavy atom. The molecule has 8 heteroatoms. The van der Waals surface area contributed by atoms with E-state index in [-0.39, 0.29) is 6.01 Å². The number of halogens is 2. The highest BCUT2D eigenvalue weighted by Crippen LogP contribution is 2.37. The summed E-state index contributed by atoms with van der Waals surface area (Å²) in [5.41, 5.74) is 1.64. The molecule has 0 amide bonds. The van der Waals surface area contributed by atoms with Crippen LogP contribution in [0.3, 0.4) is 0 Å². The second-order valence-electron chi connectivity index (χ2n) is 5.46. The summed E-state index contributed by atoms with van der Waals surface area (Å²) >= 11 is 12.2. The monoisotopic (exact) mass is 405 g/mol. The molecule has 0 spiro atoms. The number of methoxy groups -OCH3 is 2. The van der Waals surface area contributed by atoms with E-state index in [2.05, 4.69) is 9.97 Å². The molecule has 0 aliphatic rings. The van der Waals surface area contributed by atoms with E-state index in [0.29, 0.717) is 27.6 Å². The first-order valence-electron chi connectivity index (χ1n) is 7.94. The molecular formula is C19H17Cl2N3O3. The van der Waals surface area contributed by atoms with E-state index >= 15 is 0 Å². The second kappa shape index (κ2) is 8.33. The van der Waals surface area contributed by atoms with Crippen molar-refractivity contribution in [1.29, 1.82) is 0 Å². The van der Waals surface area contributed by atoms with Crippen molar-refractivity contribution >= 4 is 34.6 Å². The van der Waals surface area contributed by atoms with Crippen LogP contribution in [0.5, 0.6) is 23.5 Å². The molecule has 0 saturated heterocycles. The van der Waals surface area contributed by atoms with Gasteiger partial charge in [-0.25, -0.2) is 0 Å². The minimum Gasteiger partial charge on any atom is -0.481 e. The quantitative estimate of drug-likeness (QED) is 0.549. The van der Waals surface area contributed by atoms with E-state index in [9.17, 15) is 0 Å². The Hall–Kier alpha value is -2.70. The molecule has 27 heavy (non-hydrogen) atoms. The van der Waals surface area contributed by atoms with Crippen LogP contribution in [0.4, 0.5) is 11.4 Å². The largest absolute Gasteiger partial charge is 0.481 e. The number of benzene rings is 2. The van der Waals surface area contributed by atoms with Gasteiger partial charge in [-0.2, -0.15) is 9.97 Å². The smallest absolute Gasteiger partial charge is 0.328 e. The van der Waals surface area contributed by atoms with Gasteiger partial charge < -0.3 is 19.1 Å². The maximum atomic E-state index is 6.14. The lowest BCUT2D eigenvalue weighted by atomic mass is 10.2. The predicted octanol–water partition coefficient (Wildman–Crippen LogP) is 5.36. The van der Waals surface area contributed by atoms with Crippen LogP contribution in [0, 0.1) is 0 Å². The third-order valence-electron chi connectivity index (χ3n) is 3.80. The lowest BCUT2D eigenvalue weighted by molar-refractivity contribution is 0.348. The standard InChI is InChI=1S/C19H17Cl2N3O3/c1-24(12-8-9-13(20)14(21)10-12)15-6-4-5-7-16(15)27-19-22-17(25-2)11-18(23-19)26-3/h4-11H,1-3H3. The van der Waals surface area contributed by atoms with Crippen LogP contribution in [-0.2, 0) is 0 Å². The first-order chi connectivity index (χ1) is 13.0. The zero-order chi connectivity index (χ0) is 19.4.